The Morgan fingerprint density at radius 2 is 1.88 bits per heavy atom. The van der Waals surface area contributed by atoms with E-state index in [1.54, 1.807) is 18.2 Å². The first-order valence-electron chi connectivity index (χ1n) is 5.02. The molecule has 0 N–H and O–H groups in total. The second-order valence-corrected chi connectivity index (χ2v) is 6.30. The van der Waals surface area contributed by atoms with Crippen molar-refractivity contribution in [3.05, 3.63) is 33.8 Å². The van der Waals surface area contributed by atoms with Crippen molar-refractivity contribution in [3.63, 3.8) is 0 Å². The van der Waals surface area contributed by atoms with Crippen LogP contribution in [0.1, 0.15) is 31.2 Å². The highest BCUT2D eigenvalue weighted by Gasteiger charge is 2.24. The third-order valence-corrected chi connectivity index (χ3v) is 3.49. The Morgan fingerprint density at radius 3 is 2.35 bits per heavy atom. The lowest BCUT2D eigenvalue weighted by Gasteiger charge is -2.21. The zero-order valence-electron chi connectivity index (χ0n) is 9.76. The van der Waals surface area contributed by atoms with E-state index in [-0.39, 0.29) is 5.97 Å². The number of alkyl halides is 1. The highest BCUT2D eigenvalue weighted by Crippen LogP contribution is 2.31. The predicted octanol–water partition coefficient (Wildman–Crippen LogP) is 4.77. The van der Waals surface area contributed by atoms with Gasteiger partial charge in [-0.05, 0) is 38.5 Å². The van der Waals surface area contributed by atoms with Gasteiger partial charge in [0.2, 0.25) is 0 Å². The molecule has 0 amide bonds. The van der Waals surface area contributed by atoms with Crippen LogP contribution in [0.3, 0.4) is 0 Å². The van der Waals surface area contributed by atoms with Crippen LogP contribution < -0.4 is 0 Å². The molecule has 2 nitrogen and oxygen atoms in total. The topological polar surface area (TPSA) is 26.3 Å². The van der Waals surface area contributed by atoms with Crippen molar-refractivity contribution >= 4 is 45.1 Å². The molecule has 1 atom stereocenters. The molecule has 1 unspecified atom stereocenters. The molecular weight excluding hydrogens is 327 g/mol. The molecule has 94 valence electrons. The van der Waals surface area contributed by atoms with E-state index in [0.29, 0.717) is 15.6 Å². The number of halogens is 3. The minimum absolute atomic E-state index is 0.351. The minimum Gasteiger partial charge on any atom is -0.459 e. The van der Waals surface area contributed by atoms with Gasteiger partial charge in [-0.2, -0.15) is 0 Å². The third-order valence-electron chi connectivity index (χ3n) is 1.85. The fourth-order valence-corrected chi connectivity index (χ4v) is 1.84. The first kappa shape index (κ1) is 14.8. The number of carbonyl (C=O) groups is 1. The number of hydrogen-bond donors (Lipinski definition) is 0. The number of benzene rings is 1. The van der Waals surface area contributed by atoms with E-state index in [1.165, 1.54) is 0 Å². The molecule has 1 aromatic rings. The molecule has 0 aromatic heterocycles. The number of esters is 1. The van der Waals surface area contributed by atoms with Crippen LogP contribution >= 0.6 is 39.1 Å². The number of ether oxygens (including phenoxy) is 1. The molecule has 5 heteroatoms. The summed E-state index contributed by atoms with van der Waals surface area (Å²) >= 11 is 15.0. The van der Waals surface area contributed by atoms with Crippen molar-refractivity contribution in [2.45, 2.75) is 31.2 Å². The lowest BCUT2D eigenvalue weighted by atomic mass is 10.1. The molecule has 0 saturated carbocycles. The second-order valence-electron chi connectivity index (χ2n) is 4.57. The van der Waals surface area contributed by atoms with Crippen molar-refractivity contribution in [2.24, 2.45) is 0 Å². The normalized spacial score (nSPS) is 13.3. The van der Waals surface area contributed by atoms with Gasteiger partial charge in [0.1, 0.15) is 10.4 Å². The Labute approximate surface area is 119 Å². The van der Waals surface area contributed by atoms with Crippen LogP contribution in [0.4, 0.5) is 0 Å². The predicted molar refractivity (Wildman–Crippen MR) is 74.0 cm³/mol. The maximum atomic E-state index is 11.8. The number of hydrogen-bond acceptors (Lipinski definition) is 2. The molecule has 0 radical (unpaired) electrons. The molecule has 0 fully saturated rings. The lowest BCUT2D eigenvalue weighted by molar-refractivity contribution is -0.154. The Kier molecular flexibility index (Phi) is 4.87. The Hall–Kier alpha value is -0.250. The molecule has 0 aliphatic rings. The fraction of sp³-hybridized carbons (Fsp3) is 0.417. The van der Waals surface area contributed by atoms with E-state index in [1.807, 2.05) is 20.8 Å². The third kappa shape index (κ3) is 4.49. The van der Waals surface area contributed by atoms with Gasteiger partial charge in [-0.3, -0.25) is 4.79 Å². The maximum absolute atomic E-state index is 11.8. The summed E-state index contributed by atoms with van der Waals surface area (Å²) in [7, 11) is 0. The van der Waals surface area contributed by atoms with Crippen LogP contribution in [-0.2, 0) is 9.53 Å². The van der Waals surface area contributed by atoms with Gasteiger partial charge in [-0.1, -0.05) is 45.2 Å². The Morgan fingerprint density at radius 1 is 1.29 bits per heavy atom. The van der Waals surface area contributed by atoms with Gasteiger partial charge in [-0.25, -0.2) is 0 Å². The zero-order valence-corrected chi connectivity index (χ0v) is 12.9. The second kappa shape index (κ2) is 5.59. The fourth-order valence-electron chi connectivity index (χ4n) is 1.16. The molecule has 0 bridgehead atoms. The van der Waals surface area contributed by atoms with Gasteiger partial charge in [0.25, 0.3) is 0 Å². The van der Waals surface area contributed by atoms with Crippen molar-refractivity contribution in [3.8, 4) is 0 Å². The van der Waals surface area contributed by atoms with Gasteiger partial charge in [0.05, 0.1) is 10.0 Å². The summed E-state index contributed by atoms with van der Waals surface area (Å²) in [5.41, 5.74) is 0.202. The molecule has 17 heavy (non-hydrogen) atoms. The summed E-state index contributed by atoms with van der Waals surface area (Å²) < 4.78 is 5.26. The van der Waals surface area contributed by atoms with Crippen molar-refractivity contribution in [1.29, 1.82) is 0 Å². The van der Waals surface area contributed by atoms with E-state index in [9.17, 15) is 4.79 Å². The molecule has 0 saturated heterocycles. The summed E-state index contributed by atoms with van der Waals surface area (Å²) in [6.45, 7) is 5.46. The van der Waals surface area contributed by atoms with Crippen LogP contribution in [0.5, 0.6) is 0 Å². The van der Waals surface area contributed by atoms with Gasteiger partial charge in [0.15, 0.2) is 0 Å². The summed E-state index contributed by atoms with van der Waals surface area (Å²) in [4.78, 5) is 11.3. The molecule has 0 aliphatic carbocycles. The SMILES string of the molecule is CC(C)(C)OC(=O)C(Br)c1ccc(Cl)c(Cl)c1. The van der Waals surface area contributed by atoms with Crippen molar-refractivity contribution < 1.29 is 9.53 Å². The standard InChI is InChI=1S/C12H13BrCl2O2/c1-12(2,3)17-11(16)10(13)7-4-5-8(14)9(15)6-7/h4-6,10H,1-3H3. The molecular formula is C12H13BrCl2O2. The maximum Gasteiger partial charge on any atom is 0.324 e. The van der Waals surface area contributed by atoms with Crippen LogP contribution in [0.15, 0.2) is 18.2 Å². The van der Waals surface area contributed by atoms with E-state index in [4.69, 9.17) is 27.9 Å². The minimum atomic E-state index is -0.545. The quantitative estimate of drug-likeness (QED) is 0.573. The Balaban J connectivity index is 2.85. The van der Waals surface area contributed by atoms with E-state index in [2.05, 4.69) is 15.9 Å². The number of carbonyl (C=O) groups excluding carboxylic acids is 1. The first-order chi connectivity index (χ1) is 7.70. The van der Waals surface area contributed by atoms with Crippen molar-refractivity contribution in [2.75, 3.05) is 0 Å². The zero-order chi connectivity index (χ0) is 13.2. The van der Waals surface area contributed by atoms with Crippen LogP contribution in [0, 0.1) is 0 Å². The van der Waals surface area contributed by atoms with E-state index < -0.39 is 10.4 Å². The molecule has 0 aliphatic heterocycles. The molecule has 0 spiro atoms. The van der Waals surface area contributed by atoms with Gasteiger partial charge < -0.3 is 4.74 Å². The highest BCUT2D eigenvalue weighted by molar-refractivity contribution is 9.09. The molecule has 1 aromatic carbocycles. The summed E-state index contributed by atoms with van der Waals surface area (Å²) in [6, 6.07) is 5.03. The smallest absolute Gasteiger partial charge is 0.324 e. The first-order valence-corrected chi connectivity index (χ1v) is 6.70. The van der Waals surface area contributed by atoms with Gasteiger partial charge >= 0.3 is 5.97 Å². The van der Waals surface area contributed by atoms with Gasteiger partial charge in [-0.15, -0.1) is 0 Å². The van der Waals surface area contributed by atoms with Crippen molar-refractivity contribution in [1.82, 2.24) is 0 Å². The van der Waals surface area contributed by atoms with Crippen LogP contribution in [0.25, 0.3) is 0 Å². The van der Waals surface area contributed by atoms with Crippen LogP contribution in [0.2, 0.25) is 10.0 Å². The average Bonchev–Trinajstić information content (AvgIpc) is 2.18. The molecule has 1 rings (SSSR count). The van der Waals surface area contributed by atoms with E-state index in [0.717, 1.165) is 0 Å². The highest BCUT2D eigenvalue weighted by atomic mass is 79.9. The summed E-state index contributed by atoms with van der Waals surface area (Å²) in [6.07, 6.45) is 0. The number of rotatable bonds is 2. The monoisotopic (exact) mass is 338 g/mol. The Bertz CT molecular complexity index is 427. The largest absolute Gasteiger partial charge is 0.459 e. The summed E-state index contributed by atoms with van der Waals surface area (Å²) in [5.74, 6) is -0.351. The lowest BCUT2D eigenvalue weighted by Crippen LogP contribution is -2.26. The van der Waals surface area contributed by atoms with Gasteiger partial charge in [0, 0.05) is 0 Å². The van der Waals surface area contributed by atoms with Crippen LogP contribution in [-0.4, -0.2) is 11.6 Å². The van der Waals surface area contributed by atoms with E-state index >= 15 is 0 Å². The summed E-state index contributed by atoms with van der Waals surface area (Å²) in [5, 5.41) is 0.872. The molecule has 0 heterocycles. The average molecular weight is 340 g/mol.